The van der Waals surface area contributed by atoms with Crippen LogP contribution in [0.4, 0.5) is 0 Å². The van der Waals surface area contributed by atoms with E-state index in [9.17, 15) is 13.2 Å². The number of benzene rings is 1. The van der Waals surface area contributed by atoms with Gasteiger partial charge in [-0.3, -0.25) is 0 Å². The van der Waals surface area contributed by atoms with Gasteiger partial charge in [-0.1, -0.05) is 30.3 Å². The Bertz CT molecular complexity index is 515. The van der Waals surface area contributed by atoms with Crippen LogP contribution in [0.2, 0.25) is 0 Å². The molecule has 1 aromatic rings. The van der Waals surface area contributed by atoms with Gasteiger partial charge >= 0.3 is 5.97 Å². The lowest BCUT2D eigenvalue weighted by Gasteiger charge is -2.16. The Hall–Kier alpha value is -1.44. The zero-order valence-electron chi connectivity index (χ0n) is 11.5. The van der Waals surface area contributed by atoms with E-state index in [1.807, 2.05) is 0 Å². The van der Waals surface area contributed by atoms with Gasteiger partial charge in [-0.05, 0) is 12.0 Å². The third kappa shape index (κ3) is 5.28. The summed E-state index contributed by atoms with van der Waals surface area (Å²) in [6.45, 7) is 0.342. The van der Waals surface area contributed by atoms with E-state index in [0.29, 0.717) is 18.6 Å². The molecule has 7 heteroatoms. The topological polar surface area (TPSA) is 81.7 Å². The van der Waals surface area contributed by atoms with Crippen molar-refractivity contribution in [3.8, 4) is 0 Å². The van der Waals surface area contributed by atoms with Crippen LogP contribution in [-0.2, 0) is 24.3 Å². The predicted octanol–water partition coefficient (Wildman–Crippen LogP) is 0.857. The van der Waals surface area contributed by atoms with Crippen LogP contribution in [0.3, 0.4) is 0 Å². The van der Waals surface area contributed by atoms with Gasteiger partial charge in [-0.15, -0.1) is 0 Å². The minimum atomic E-state index is -3.59. The molecule has 0 saturated carbocycles. The molecule has 1 aromatic carbocycles. The highest BCUT2D eigenvalue weighted by atomic mass is 32.2. The van der Waals surface area contributed by atoms with Gasteiger partial charge in [0.2, 0.25) is 10.0 Å². The second-order valence-corrected chi connectivity index (χ2v) is 6.02. The lowest BCUT2D eigenvalue weighted by Crippen LogP contribution is -2.36. The number of rotatable bonds is 8. The largest absolute Gasteiger partial charge is 0.468 e. The van der Waals surface area contributed by atoms with Crippen LogP contribution in [0, 0.1) is 0 Å². The molecule has 6 nitrogen and oxygen atoms in total. The number of nitrogens with one attached hydrogen (secondary N) is 1. The predicted molar refractivity (Wildman–Crippen MR) is 74.6 cm³/mol. The molecule has 112 valence electrons. The summed E-state index contributed by atoms with van der Waals surface area (Å²) < 4.78 is 35.7. The van der Waals surface area contributed by atoms with Crippen LogP contribution in [0.5, 0.6) is 0 Å². The maximum atomic E-state index is 11.9. The van der Waals surface area contributed by atoms with E-state index in [2.05, 4.69) is 9.46 Å². The first-order chi connectivity index (χ1) is 9.50. The highest BCUT2D eigenvalue weighted by Crippen LogP contribution is 2.15. The van der Waals surface area contributed by atoms with E-state index < -0.39 is 22.0 Å². The zero-order chi connectivity index (χ0) is 15.0. The standard InChI is InChI=1S/C13H19NO5S/c1-18-9-6-10-20(16,17)14-12(13(15)19-2)11-7-4-3-5-8-11/h3-5,7-8,12,14H,6,9-10H2,1-2H3. The van der Waals surface area contributed by atoms with E-state index in [1.165, 1.54) is 14.2 Å². The average molecular weight is 301 g/mol. The van der Waals surface area contributed by atoms with Gasteiger partial charge in [-0.2, -0.15) is 4.72 Å². The lowest BCUT2D eigenvalue weighted by molar-refractivity contribution is -0.142. The Kier molecular flexibility index (Phi) is 6.63. The Morgan fingerprint density at radius 2 is 1.90 bits per heavy atom. The normalized spacial score (nSPS) is 12.9. The second-order valence-electron chi connectivity index (χ2n) is 4.15. The monoisotopic (exact) mass is 301 g/mol. The van der Waals surface area contributed by atoms with Crippen molar-refractivity contribution in [3.05, 3.63) is 35.9 Å². The van der Waals surface area contributed by atoms with Gasteiger partial charge < -0.3 is 9.47 Å². The van der Waals surface area contributed by atoms with E-state index >= 15 is 0 Å². The summed E-state index contributed by atoms with van der Waals surface area (Å²) in [6, 6.07) is 7.53. The maximum Gasteiger partial charge on any atom is 0.328 e. The summed E-state index contributed by atoms with van der Waals surface area (Å²) in [4.78, 5) is 11.7. The number of hydrogen-bond acceptors (Lipinski definition) is 5. The molecule has 0 heterocycles. The molecule has 0 bridgehead atoms. The molecule has 1 unspecified atom stereocenters. The Balaban J connectivity index is 2.83. The van der Waals surface area contributed by atoms with Gasteiger partial charge in [0.05, 0.1) is 12.9 Å². The molecule has 0 aromatic heterocycles. The minimum Gasteiger partial charge on any atom is -0.468 e. The van der Waals surface area contributed by atoms with Crippen molar-refractivity contribution in [1.82, 2.24) is 4.72 Å². The van der Waals surface area contributed by atoms with Crippen molar-refractivity contribution in [3.63, 3.8) is 0 Å². The van der Waals surface area contributed by atoms with Crippen LogP contribution >= 0.6 is 0 Å². The van der Waals surface area contributed by atoms with Gasteiger partial charge in [-0.25, -0.2) is 13.2 Å². The number of ether oxygens (including phenoxy) is 2. The Labute approximate surface area is 119 Å². The SMILES string of the molecule is COCCCS(=O)(=O)NC(C(=O)OC)c1ccccc1. The number of sulfonamides is 1. The first-order valence-electron chi connectivity index (χ1n) is 6.12. The minimum absolute atomic E-state index is 0.110. The van der Waals surface area contributed by atoms with Crippen molar-refractivity contribution in [2.45, 2.75) is 12.5 Å². The first-order valence-corrected chi connectivity index (χ1v) is 7.77. The number of carbonyl (C=O) groups is 1. The second kappa shape index (κ2) is 7.98. The zero-order valence-corrected chi connectivity index (χ0v) is 12.4. The molecule has 0 amide bonds. The van der Waals surface area contributed by atoms with Crippen LogP contribution in [0.25, 0.3) is 0 Å². The van der Waals surface area contributed by atoms with Gasteiger partial charge in [0, 0.05) is 13.7 Å². The molecular weight excluding hydrogens is 282 g/mol. The van der Waals surface area contributed by atoms with Crippen molar-refractivity contribution in [2.24, 2.45) is 0 Å². The van der Waals surface area contributed by atoms with Gasteiger partial charge in [0.25, 0.3) is 0 Å². The molecule has 20 heavy (non-hydrogen) atoms. The molecule has 0 aliphatic carbocycles. The third-order valence-electron chi connectivity index (χ3n) is 2.63. The first kappa shape index (κ1) is 16.6. The van der Waals surface area contributed by atoms with Crippen molar-refractivity contribution in [2.75, 3.05) is 26.6 Å². The number of carbonyl (C=O) groups excluding carboxylic acids is 1. The van der Waals surface area contributed by atoms with E-state index in [1.54, 1.807) is 30.3 Å². The molecular formula is C13H19NO5S. The summed E-state index contributed by atoms with van der Waals surface area (Å²) in [6.07, 6.45) is 0.356. The molecule has 1 atom stereocenters. The molecule has 1 N–H and O–H groups in total. The molecule has 0 saturated heterocycles. The van der Waals surface area contributed by atoms with E-state index in [0.717, 1.165) is 0 Å². The van der Waals surface area contributed by atoms with E-state index in [-0.39, 0.29) is 5.75 Å². The fraction of sp³-hybridized carbons (Fsp3) is 0.462. The fourth-order valence-corrected chi connectivity index (χ4v) is 2.85. The summed E-state index contributed by atoms with van der Waals surface area (Å²) in [5, 5.41) is 0. The number of methoxy groups -OCH3 is 2. The smallest absolute Gasteiger partial charge is 0.328 e. The highest BCUT2D eigenvalue weighted by molar-refractivity contribution is 7.89. The number of hydrogen-bond donors (Lipinski definition) is 1. The molecule has 1 rings (SSSR count). The van der Waals surface area contributed by atoms with Crippen LogP contribution in [0.1, 0.15) is 18.0 Å². The van der Waals surface area contributed by atoms with E-state index in [4.69, 9.17) is 4.74 Å². The third-order valence-corrected chi connectivity index (χ3v) is 4.05. The Morgan fingerprint density at radius 1 is 1.25 bits per heavy atom. The molecule has 0 aliphatic rings. The molecule has 0 radical (unpaired) electrons. The molecule has 0 fully saturated rings. The summed E-state index contributed by atoms with van der Waals surface area (Å²) in [7, 11) is -0.866. The summed E-state index contributed by atoms with van der Waals surface area (Å²) in [5.74, 6) is -0.757. The van der Waals surface area contributed by atoms with Crippen LogP contribution in [0.15, 0.2) is 30.3 Å². The average Bonchev–Trinajstić information content (AvgIpc) is 2.45. The fourth-order valence-electron chi connectivity index (χ4n) is 1.65. The van der Waals surface area contributed by atoms with Crippen LogP contribution < -0.4 is 4.72 Å². The highest BCUT2D eigenvalue weighted by Gasteiger charge is 2.26. The quantitative estimate of drug-likeness (QED) is 0.569. The molecule has 0 spiro atoms. The van der Waals surface area contributed by atoms with Crippen molar-refractivity contribution < 1.29 is 22.7 Å². The van der Waals surface area contributed by atoms with Gasteiger partial charge in [0.15, 0.2) is 0 Å². The van der Waals surface area contributed by atoms with Crippen LogP contribution in [-0.4, -0.2) is 41.0 Å². The summed E-state index contributed by atoms with van der Waals surface area (Å²) >= 11 is 0. The van der Waals surface area contributed by atoms with Gasteiger partial charge in [0.1, 0.15) is 6.04 Å². The van der Waals surface area contributed by atoms with Crippen molar-refractivity contribution >= 4 is 16.0 Å². The maximum absolute atomic E-state index is 11.9. The molecule has 0 aliphatic heterocycles. The lowest BCUT2D eigenvalue weighted by atomic mass is 10.1. The summed E-state index contributed by atoms with van der Waals surface area (Å²) in [5.41, 5.74) is 0.537. The Morgan fingerprint density at radius 3 is 2.45 bits per heavy atom. The number of esters is 1. The van der Waals surface area contributed by atoms with Crippen molar-refractivity contribution in [1.29, 1.82) is 0 Å².